The number of unbranched alkanes of at least 4 members (excludes halogenated alkanes) is 2. The lowest BCUT2D eigenvalue weighted by Gasteiger charge is -2.34. The van der Waals surface area contributed by atoms with Crippen LogP contribution in [0.2, 0.25) is 0 Å². The molecule has 0 radical (unpaired) electrons. The van der Waals surface area contributed by atoms with Crippen LogP contribution in [-0.4, -0.2) is 61.8 Å². The molecule has 0 atom stereocenters. The highest BCUT2D eigenvalue weighted by Crippen LogP contribution is 2.25. The molecule has 5 nitrogen and oxygen atoms in total. The minimum atomic E-state index is -0.289. The van der Waals surface area contributed by atoms with Crippen molar-refractivity contribution < 1.29 is 14.3 Å². The standard InChI is InChI=1S/C23H37BrN2O3/c1-4-5-6-16-25(2)17-7-18-28-21-14-10-20(11-15-21)26(3)23(27)29-22-12-8-19(24)9-13-22/h8-9,12-13,20-21H,4-7,10-11,14-18H2,1-3H3. The van der Waals surface area contributed by atoms with Crippen LogP contribution in [0.25, 0.3) is 0 Å². The minimum Gasteiger partial charge on any atom is -0.410 e. The van der Waals surface area contributed by atoms with E-state index in [2.05, 4.69) is 34.8 Å². The van der Waals surface area contributed by atoms with Gasteiger partial charge in [0.15, 0.2) is 0 Å². The Kier molecular flexibility index (Phi) is 11.0. The number of carbonyl (C=O) groups excluding carboxylic acids is 1. The van der Waals surface area contributed by atoms with Gasteiger partial charge in [0.25, 0.3) is 0 Å². The molecule has 1 aromatic rings. The van der Waals surface area contributed by atoms with E-state index in [9.17, 15) is 4.79 Å². The van der Waals surface area contributed by atoms with Crippen LogP contribution in [-0.2, 0) is 4.74 Å². The molecule has 29 heavy (non-hydrogen) atoms. The van der Waals surface area contributed by atoms with Crippen molar-refractivity contribution in [2.24, 2.45) is 0 Å². The number of rotatable bonds is 11. The fraction of sp³-hybridized carbons (Fsp3) is 0.696. The monoisotopic (exact) mass is 468 g/mol. The largest absolute Gasteiger partial charge is 0.415 e. The van der Waals surface area contributed by atoms with Gasteiger partial charge in [0, 0.05) is 30.7 Å². The first kappa shape index (κ1) is 24.2. The Morgan fingerprint density at radius 2 is 1.69 bits per heavy atom. The van der Waals surface area contributed by atoms with Crippen molar-refractivity contribution in [1.82, 2.24) is 9.80 Å². The zero-order valence-corrected chi connectivity index (χ0v) is 19.8. The van der Waals surface area contributed by atoms with Crippen molar-refractivity contribution in [3.05, 3.63) is 28.7 Å². The molecular weight excluding hydrogens is 432 g/mol. The van der Waals surface area contributed by atoms with Crippen LogP contribution >= 0.6 is 15.9 Å². The van der Waals surface area contributed by atoms with Crippen molar-refractivity contribution in [3.63, 3.8) is 0 Å². The average molecular weight is 469 g/mol. The van der Waals surface area contributed by atoms with E-state index in [1.54, 1.807) is 17.0 Å². The molecule has 0 bridgehead atoms. The van der Waals surface area contributed by atoms with Gasteiger partial charge in [-0.2, -0.15) is 0 Å². The van der Waals surface area contributed by atoms with Gasteiger partial charge >= 0.3 is 6.09 Å². The van der Waals surface area contributed by atoms with Gasteiger partial charge in [0.2, 0.25) is 0 Å². The molecule has 1 aromatic carbocycles. The molecule has 164 valence electrons. The molecule has 1 aliphatic carbocycles. The second kappa shape index (κ2) is 13.2. The highest BCUT2D eigenvalue weighted by molar-refractivity contribution is 9.10. The Balaban J connectivity index is 1.60. The summed E-state index contributed by atoms with van der Waals surface area (Å²) in [5.41, 5.74) is 0. The topological polar surface area (TPSA) is 42.0 Å². The zero-order valence-electron chi connectivity index (χ0n) is 18.2. The second-order valence-corrected chi connectivity index (χ2v) is 9.01. The van der Waals surface area contributed by atoms with Gasteiger partial charge in [-0.1, -0.05) is 35.7 Å². The number of hydrogen-bond acceptors (Lipinski definition) is 4. The molecule has 2 rings (SSSR count). The van der Waals surface area contributed by atoms with Crippen LogP contribution in [0.5, 0.6) is 5.75 Å². The molecule has 1 saturated carbocycles. The maximum atomic E-state index is 12.4. The van der Waals surface area contributed by atoms with Gasteiger partial charge in [-0.05, 0) is 76.4 Å². The molecule has 0 aliphatic heterocycles. The summed E-state index contributed by atoms with van der Waals surface area (Å²) in [7, 11) is 4.03. The predicted molar refractivity (Wildman–Crippen MR) is 122 cm³/mol. The molecule has 6 heteroatoms. The summed E-state index contributed by atoms with van der Waals surface area (Å²) in [6.07, 6.45) is 8.94. The molecule has 1 aliphatic rings. The van der Waals surface area contributed by atoms with Gasteiger partial charge in [-0.25, -0.2) is 4.79 Å². The minimum absolute atomic E-state index is 0.225. The highest BCUT2D eigenvalue weighted by atomic mass is 79.9. The quantitative estimate of drug-likeness (QED) is 0.389. The number of halogens is 1. The first-order valence-corrected chi connectivity index (χ1v) is 11.8. The third-order valence-corrected chi connectivity index (χ3v) is 6.21. The fourth-order valence-electron chi connectivity index (χ4n) is 3.75. The zero-order chi connectivity index (χ0) is 21.1. The normalized spacial score (nSPS) is 19.3. The first-order valence-electron chi connectivity index (χ1n) is 11.0. The van der Waals surface area contributed by atoms with Gasteiger partial charge < -0.3 is 19.3 Å². The lowest BCUT2D eigenvalue weighted by atomic mass is 9.92. The summed E-state index contributed by atoms with van der Waals surface area (Å²) < 4.78 is 12.5. The molecule has 0 spiro atoms. The molecule has 1 amide bonds. The van der Waals surface area contributed by atoms with Gasteiger partial charge in [-0.15, -0.1) is 0 Å². The third-order valence-electron chi connectivity index (χ3n) is 5.68. The second-order valence-electron chi connectivity index (χ2n) is 8.10. The molecule has 0 saturated heterocycles. The van der Waals surface area contributed by atoms with Gasteiger partial charge in [-0.3, -0.25) is 0 Å². The van der Waals surface area contributed by atoms with Crippen LogP contribution in [0, 0.1) is 0 Å². The molecule has 0 unspecified atom stereocenters. The van der Waals surface area contributed by atoms with Crippen molar-refractivity contribution in [2.75, 3.05) is 33.8 Å². The van der Waals surface area contributed by atoms with E-state index in [1.165, 1.54) is 25.8 Å². The highest BCUT2D eigenvalue weighted by Gasteiger charge is 2.27. The van der Waals surface area contributed by atoms with E-state index in [0.29, 0.717) is 11.9 Å². The third kappa shape index (κ3) is 9.06. The van der Waals surface area contributed by atoms with Gasteiger partial charge in [0.1, 0.15) is 5.75 Å². The Bertz CT molecular complexity index is 588. The van der Waals surface area contributed by atoms with Crippen molar-refractivity contribution in [2.45, 2.75) is 70.4 Å². The molecule has 0 aromatic heterocycles. The van der Waals surface area contributed by atoms with Crippen LogP contribution < -0.4 is 4.74 Å². The number of carbonyl (C=O) groups is 1. The van der Waals surface area contributed by atoms with Crippen LogP contribution in [0.15, 0.2) is 28.7 Å². The Labute approximate surface area is 184 Å². The Morgan fingerprint density at radius 3 is 2.34 bits per heavy atom. The average Bonchev–Trinajstić information content (AvgIpc) is 2.73. The molecule has 1 fully saturated rings. The predicted octanol–water partition coefficient (Wildman–Crippen LogP) is 5.72. The van der Waals surface area contributed by atoms with Crippen molar-refractivity contribution in [1.29, 1.82) is 0 Å². The first-order chi connectivity index (χ1) is 14.0. The van der Waals surface area contributed by atoms with E-state index in [4.69, 9.17) is 9.47 Å². The van der Waals surface area contributed by atoms with E-state index in [0.717, 1.165) is 49.7 Å². The van der Waals surface area contributed by atoms with Crippen LogP contribution in [0.3, 0.4) is 0 Å². The molecule has 0 N–H and O–H groups in total. The maximum absolute atomic E-state index is 12.4. The summed E-state index contributed by atoms with van der Waals surface area (Å²) in [4.78, 5) is 16.5. The van der Waals surface area contributed by atoms with Crippen molar-refractivity contribution in [3.8, 4) is 5.75 Å². The summed E-state index contributed by atoms with van der Waals surface area (Å²) in [6.45, 7) is 5.35. The number of ether oxygens (including phenoxy) is 2. The SMILES string of the molecule is CCCCCN(C)CCCOC1CCC(N(C)C(=O)Oc2ccc(Br)cc2)CC1. The van der Waals surface area contributed by atoms with E-state index in [1.807, 2.05) is 19.2 Å². The number of nitrogens with zero attached hydrogens (tertiary/aromatic N) is 2. The summed E-state index contributed by atoms with van der Waals surface area (Å²) >= 11 is 3.39. The maximum Gasteiger partial charge on any atom is 0.415 e. The van der Waals surface area contributed by atoms with E-state index < -0.39 is 0 Å². The summed E-state index contributed by atoms with van der Waals surface area (Å²) in [6, 6.07) is 7.55. The number of hydrogen-bond donors (Lipinski definition) is 0. The van der Waals surface area contributed by atoms with Crippen LogP contribution in [0.1, 0.15) is 58.3 Å². The van der Waals surface area contributed by atoms with Crippen LogP contribution in [0.4, 0.5) is 4.79 Å². The fourth-order valence-corrected chi connectivity index (χ4v) is 4.02. The van der Waals surface area contributed by atoms with Gasteiger partial charge in [0.05, 0.1) is 6.10 Å². The Morgan fingerprint density at radius 1 is 1.03 bits per heavy atom. The number of benzene rings is 1. The lowest BCUT2D eigenvalue weighted by molar-refractivity contribution is 0.00898. The summed E-state index contributed by atoms with van der Waals surface area (Å²) in [5, 5.41) is 0. The van der Waals surface area contributed by atoms with E-state index >= 15 is 0 Å². The van der Waals surface area contributed by atoms with E-state index in [-0.39, 0.29) is 12.1 Å². The lowest BCUT2D eigenvalue weighted by Crippen LogP contribution is -2.42. The molecular formula is C23H37BrN2O3. The molecule has 0 heterocycles. The number of amides is 1. The Hall–Kier alpha value is -1.11. The van der Waals surface area contributed by atoms with Crippen molar-refractivity contribution >= 4 is 22.0 Å². The smallest absolute Gasteiger partial charge is 0.410 e. The summed E-state index contributed by atoms with van der Waals surface area (Å²) in [5.74, 6) is 0.571.